The Morgan fingerprint density at radius 1 is 1.06 bits per heavy atom. The second-order valence-electron chi connectivity index (χ2n) is 9.71. The lowest BCUT2D eigenvalue weighted by molar-refractivity contribution is -0.135. The van der Waals surface area contributed by atoms with E-state index in [2.05, 4.69) is 23.3 Å². The summed E-state index contributed by atoms with van der Waals surface area (Å²) in [6.45, 7) is 6.68. The number of benzene rings is 2. The van der Waals surface area contributed by atoms with Gasteiger partial charge in [0.15, 0.2) is 0 Å². The number of rotatable bonds is 5. The molecule has 1 aromatic heterocycles. The van der Waals surface area contributed by atoms with Crippen molar-refractivity contribution in [2.75, 3.05) is 32.7 Å². The maximum absolute atomic E-state index is 14.1. The summed E-state index contributed by atoms with van der Waals surface area (Å²) < 4.78 is 14.1. The minimum absolute atomic E-state index is 0.0180. The quantitative estimate of drug-likeness (QED) is 0.502. The Bertz CT molecular complexity index is 1240. The maximum atomic E-state index is 14.1. The molecule has 2 aliphatic rings. The van der Waals surface area contributed by atoms with E-state index >= 15 is 0 Å². The highest BCUT2D eigenvalue weighted by Gasteiger charge is 2.34. The number of carbonyl (C=O) groups excluding carboxylic acids is 2. The van der Waals surface area contributed by atoms with Crippen LogP contribution in [0.4, 0.5) is 4.39 Å². The molecule has 7 heteroatoms. The highest BCUT2D eigenvalue weighted by Crippen LogP contribution is 2.37. The van der Waals surface area contributed by atoms with Gasteiger partial charge in [-0.2, -0.15) is 0 Å². The fraction of sp³-hybridized carbons (Fsp3) is 0.379. The van der Waals surface area contributed by atoms with Crippen LogP contribution in [0.3, 0.4) is 0 Å². The molecule has 188 valence electrons. The Morgan fingerprint density at radius 3 is 2.58 bits per heavy atom. The van der Waals surface area contributed by atoms with Gasteiger partial charge in [0.1, 0.15) is 5.82 Å². The van der Waals surface area contributed by atoms with Crippen molar-refractivity contribution in [1.82, 2.24) is 14.7 Å². The smallest absolute Gasteiger partial charge is 0.254 e. The van der Waals surface area contributed by atoms with Crippen molar-refractivity contribution in [3.8, 4) is 0 Å². The molecule has 0 spiro atoms. The van der Waals surface area contributed by atoms with Crippen molar-refractivity contribution in [2.24, 2.45) is 0 Å². The summed E-state index contributed by atoms with van der Waals surface area (Å²) >= 11 is 1.73. The van der Waals surface area contributed by atoms with Crippen molar-refractivity contribution in [3.63, 3.8) is 0 Å². The second-order valence-corrected chi connectivity index (χ2v) is 10.7. The van der Waals surface area contributed by atoms with Crippen molar-refractivity contribution >= 4 is 23.2 Å². The zero-order chi connectivity index (χ0) is 25.2. The summed E-state index contributed by atoms with van der Waals surface area (Å²) in [7, 11) is 0. The predicted molar refractivity (Wildman–Crippen MR) is 141 cm³/mol. The molecule has 0 unspecified atom stereocenters. The molecular weight excluding hydrogens is 473 g/mol. The zero-order valence-corrected chi connectivity index (χ0v) is 21.6. The number of hydrogen-bond donors (Lipinski definition) is 0. The normalized spacial score (nSPS) is 20.3. The van der Waals surface area contributed by atoms with Crippen LogP contribution in [0.5, 0.6) is 0 Å². The van der Waals surface area contributed by atoms with Gasteiger partial charge in [-0.15, -0.1) is 11.3 Å². The van der Waals surface area contributed by atoms with Crippen LogP contribution in [0.2, 0.25) is 0 Å². The first-order valence-electron chi connectivity index (χ1n) is 12.7. The molecule has 0 radical (unpaired) electrons. The molecule has 0 saturated carbocycles. The van der Waals surface area contributed by atoms with E-state index in [1.165, 1.54) is 22.1 Å². The third kappa shape index (κ3) is 4.95. The van der Waals surface area contributed by atoms with Crippen molar-refractivity contribution in [3.05, 3.63) is 92.9 Å². The van der Waals surface area contributed by atoms with Gasteiger partial charge in [-0.05, 0) is 72.2 Å². The van der Waals surface area contributed by atoms with Gasteiger partial charge in [0.2, 0.25) is 5.91 Å². The average molecular weight is 506 g/mol. The Morgan fingerprint density at radius 2 is 1.86 bits per heavy atom. The molecule has 36 heavy (non-hydrogen) atoms. The lowest BCUT2D eigenvalue weighted by Crippen LogP contribution is -2.57. The summed E-state index contributed by atoms with van der Waals surface area (Å²) in [5.74, 6) is -0.189. The standard InChI is InChI=1S/C29H32FN3O2S/c1-3-21-7-9-22(10-8-21)29(35)33-15-14-31(18-20(33)2)27(34)19-32-13-11-26-25(12-16-36-26)28(32)23-5-4-6-24(30)17-23/h4-10,12,16-17,20,28H,3,11,13-15,18-19H2,1-2H3/t20-,28-/m0/s1. The zero-order valence-electron chi connectivity index (χ0n) is 20.8. The summed E-state index contributed by atoms with van der Waals surface area (Å²) in [6, 6.07) is 16.4. The number of nitrogens with zero attached hydrogens (tertiary/aromatic N) is 3. The van der Waals surface area contributed by atoms with Gasteiger partial charge in [0, 0.05) is 42.7 Å². The first-order chi connectivity index (χ1) is 17.4. The van der Waals surface area contributed by atoms with E-state index in [1.54, 1.807) is 23.5 Å². The highest BCUT2D eigenvalue weighted by molar-refractivity contribution is 7.10. The summed E-state index contributed by atoms with van der Waals surface area (Å²) in [5.41, 5.74) is 3.94. The number of thiophene rings is 1. The van der Waals surface area contributed by atoms with E-state index < -0.39 is 0 Å². The topological polar surface area (TPSA) is 43.9 Å². The number of aryl methyl sites for hydroxylation is 1. The van der Waals surface area contributed by atoms with Gasteiger partial charge < -0.3 is 9.80 Å². The van der Waals surface area contributed by atoms with E-state index in [1.807, 2.05) is 47.1 Å². The van der Waals surface area contributed by atoms with Crippen LogP contribution in [-0.4, -0.2) is 65.3 Å². The number of amides is 2. The minimum Gasteiger partial charge on any atom is -0.338 e. The molecule has 1 fully saturated rings. The number of carbonyl (C=O) groups is 2. The van der Waals surface area contributed by atoms with Crippen LogP contribution >= 0.6 is 11.3 Å². The first kappa shape index (κ1) is 24.7. The lowest BCUT2D eigenvalue weighted by Gasteiger charge is -2.42. The average Bonchev–Trinajstić information content (AvgIpc) is 3.37. The molecule has 0 aliphatic carbocycles. The molecule has 3 aromatic rings. The molecule has 0 bridgehead atoms. The third-order valence-electron chi connectivity index (χ3n) is 7.42. The molecule has 5 nitrogen and oxygen atoms in total. The number of fused-ring (bicyclic) bond motifs is 1. The summed E-state index contributed by atoms with van der Waals surface area (Å²) in [5, 5.41) is 2.08. The molecular formula is C29H32FN3O2S. The molecule has 2 amide bonds. The number of halogens is 1. The fourth-order valence-electron chi connectivity index (χ4n) is 5.41. The van der Waals surface area contributed by atoms with E-state index in [9.17, 15) is 14.0 Å². The Labute approximate surface area is 216 Å². The van der Waals surface area contributed by atoms with Gasteiger partial charge in [-0.3, -0.25) is 14.5 Å². The Kier molecular flexibility index (Phi) is 7.21. The van der Waals surface area contributed by atoms with Gasteiger partial charge in [-0.1, -0.05) is 31.2 Å². The molecule has 2 aliphatic heterocycles. The molecule has 5 rings (SSSR count). The van der Waals surface area contributed by atoms with Gasteiger partial charge >= 0.3 is 0 Å². The lowest BCUT2D eigenvalue weighted by atomic mass is 9.93. The maximum Gasteiger partial charge on any atom is 0.254 e. The number of piperazine rings is 1. The second kappa shape index (κ2) is 10.5. The molecule has 0 N–H and O–H groups in total. The predicted octanol–water partition coefficient (Wildman–Crippen LogP) is 4.77. The fourth-order valence-corrected chi connectivity index (χ4v) is 6.32. The van der Waals surface area contributed by atoms with E-state index in [0.29, 0.717) is 25.2 Å². The van der Waals surface area contributed by atoms with Gasteiger partial charge in [0.05, 0.1) is 12.6 Å². The minimum atomic E-state index is -0.264. The monoisotopic (exact) mass is 505 g/mol. The molecule has 1 saturated heterocycles. The van der Waals surface area contributed by atoms with Crippen molar-refractivity contribution < 1.29 is 14.0 Å². The first-order valence-corrected chi connectivity index (χ1v) is 13.6. The number of hydrogen-bond acceptors (Lipinski definition) is 4. The van der Waals surface area contributed by atoms with Gasteiger partial charge in [0.25, 0.3) is 5.91 Å². The van der Waals surface area contributed by atoms with Crippen LogP contribution in [0.15, 0.2) is 60.0 Å². The summed E-state index contributed by atoms with van der Waals surface area (Å²) in [4.78, 5) is 33.8. The molecule has 2 atom stereocenters. The molecule has 3 heterocycles. The van der Waals surface area contributed by atoms with Crippen LogP contribution in [0.1, 0.15) is 51.8 Å². The molecule has 2 aromatic carbocycles. The van der Waals surface area contributed by atoms with E-state index in [-0.39, 0.29) is 36.3 Å². The van der Waals surface area contributed by atoms with E-state index in [0.717, 1.165) is 24.9 Å². The third-order valence-corrected chi connectivity index (χ3v) is 8.42. The largest absolute Gasteiger partial charge is 0.338 e. The van der Waals surface area contributed by atoms with Crippen LogP contribution in [-0.2, 0) is 17.6 Å². The SMILES string of the molecule is CCc1ccc(C(=O)N2CCN(C(=O)CN3CCc4sccc4[C@@H]3c3cccc(F)c3)C[C@@H]2C)cc1. The van der Waals surface area contributed by atoms with Crippen LogP contribution in [0.25, 0.3) is 0 Å². The Hall–Kier alpha value is -3.03. The summed E-state index contributed by atoms with van der Waals surface area (Å²) in [6.07, 6.45) is 1.83. The van der Waals surface area contributed by atoms with Crippen molar-refractivity contribution in [2.45, 2.75) is 38.8 Å². The van der Waals surface area contributed by atoms with Crippen molar-refractivity contribution in [1.29, 1.82) is 0 Å². The van der Waals surface area contributed by atoms with Gasteiger partial charge in [-0.25, -0.2) is 4.39 Å². The highest BCUT2D eigenvalue weighted by atomic mass is 32.1. The van der Waals surface area contributed by atoms with E-state index in [4.69, 9.17) is 0 Å². The van der Waals surface area contributed by atoms with Crippen LogP contribution < -0.4 is 0 Å². The van der Waals surface area contributed by atoms with Crippen LogP contribution in [0, 0.1) is 5.82 Å². The Balaban J connectivity index is 1.27.